The fourth-order valence-electron chi connectivity index (χ4n) is 10.6. The summed E-state index contributed by atoms with van der Waals surface area (Å²) in [6.07, 6.45) is 0. The smallest absolute Gasteiger partial charge is 0.164 e. The van der Waals surface area contributed by atoms with Crippen LogP contribution in [0.1, 0.15) is 0 Å². The van der Waals surface area contributed by atoms with Crippen LogP contribution in [0.4, 0.5) is 0 Å². The maximum Gasteiger partial charge on any atom is 0.164 e. The second-order valence-corrected chi connectivity index (χ2v) is 19.9. The molecule has 346 valence electrons. The van der Waals surface area contributed by atoms with Crippen LogP contribution in [0.5, 0.6) is 0 Å². The molecule has 3 aromatic heterocycles. The van der Waals surface area contributed by atoms with Crippen molar-refractivity contribution in [1.29, 1.82) is 0 Å². The lowest BCUT2D eigenvalue weighted by Gasteiger charge is -2.13. The first-order chi connectivity index (χ1) is 36.6. The molecule has 74 heavy (non-hydrogen) atoms. The number of thiophene rings is 1. The predicted molar refractivity (Wildman–Crippen MR) is 311 cm³/mol. The van der Waals surface area contributed by atoms with Crippen LogP contribution in [0.15, 0.2) is 267 Å². The van der Waals surface area contributed by atoms with Crippen LogP contribution in [0.3, 0.4) is 0 Å². The van der Waals surface area contributed by atoms with Crippen molar-refractivity contribution in [3.63, 3.8) is 0 Å². The summed E-state index contributed by atoms with van der Waals surface area (Å²) in [5.74, 6) is 1.89. The minimum absolute atomic E-state index is 0.620. The maximum absolute atomic E-state index is 5.37. The van der Waals surface area contributed by atoms with Gasteiger partial charge in [-0.05, 0) is 128 Å². The number of para-hydroxylation sites is 1. The standard InChI is InChI=1S/C69H44N4S/c1-5-18-45(19-6-1)50-27-16-29-57(42-50)73-62-32-14-13-30-58(62)60-43-51(34-36-63(60)73)52-35-37-64-61(44-52)66-59(31-17-33-65(66)74-64)69-71-67(48-24-11-4-12-25-48)70-68(72-69)53-28-15-26-49(38-53)56-40-54(46-20-7-2-8-21-46)39-55(41-56)47-22-9-3-10-23-47/h1-44H. The molecular weight excluding hydrogens is 917 g/mol. The van der Waals surface area contributed by atoms with Crippen molar-refractivity contribution in [3.8, 4) is 95.5 Å². The molecule has 0 spiro atoms. The van der Waals surface area contributed by atoms with Gasteiger partial charge in [0.05, 0.1) is 11.0 Å². The van der Waals surface area contributed by atoms with E-state index >= 15 is 0 Å². The Bertz CT molecular complexity index is 4350. The van der Waals surface area contributed by atoms with E-state index in [1.54, 1.807) is 11.3 Å². The second kappa shape index (κ2) is 18.2. The molecule has 0 amide bonds. The lowest BCUT2D eigenvalue weighted by Crippen LogP contribution is -2.00. The molecule has 4 nitrogen and oxygen atoms in total. The molecular formula is C69H44N4S. The van der Waals surface area contributed by atoms with Crippen molar-refractivity contribution in [1.82, 2.24) is 19.5 Å². The Kier molecular flexibility index (Phi) is 10.7. The third-order valence-electron chi connectivity index (χ3n) is 14.2. The molecule has 0 saturated carbocycles. The van der Waals surface area contributed by atoms with Crippen LogP contribution >= 0.6 is 11.3 Å². The average Bonchev–Trinajstić information content (AvgIpc) is 4.03. The normalized spacial score (nSPS) is 11.5. The number of benzene rings is 11. The van der Waals surface area contributed by atoms with Crippen molar-refractivity contribution in [3.05, 3.63) is 267 Å². The third-order valence-corrected chi connectivity index (χ3v) is 15.4. The Labute approximate surface area is 432 Å². The van der Waals surface area contributed by atoms with E-state index in [0.717, 1.165) is 61.1 Å². The van der Waals surface area contributed by atoms with Crippen molar-refractivity contribution in [2.45, 2.75) is 0 Å². The highest BCUT2D eigenvalue weighted by Crippen LogP contribution is 2.43. The van der Waals surface area contributed by atoms with E-state index in [4.69, 9.17) is 15.0 Å². The number of fused-ring (bicyclic) bond motifs is 6. The summed E-state index contributed by atoms with van der Waals surface area (Å²) >= 11 is 1.80. The molecule has 0 bridgehead atoms. The number of rotatable bonds is 9. The first-order valence-corrected chi connectivity index (χ1v) is 25.8. The SMILES string of the molecule is c1ccc(-c2cc(-c3ccccc3)cc(-c3cccc(-c4nc(-c5ccccc5)nc(-c5cccc6sc7ccc(-c8ccc9c(c8)c8ccccc8n9-c8cccc(-c9ccccc9)c8)cc7c56)n4)c3)c2)cc1. The zero-order valence-corrected chi connectivity index (χ0v) is 40.9. The van der Waals surface area contributed by atoms with Gasteiger partial charge < -0.3 is 4.57 Å². The van der Waals surface area contributed by atoms with Crippen molar-refractivity contribution in [2.24, 2.45) is 0 Å². The van der Waals surface area contributed by atoms with E-state index in [1.165, 1.54) is 58.8 Å². The van der Waals surface area contributed by atoms with E-state index in [2.05, 4.69) is 253 Å². The minimum Gasteiger partial charge on any atom is -0.309 e. The van der Waals surface area contributed by atoms with Gasteiger partial charge in [0.25, 0.3) is 0 Å². The fourth-order valence-corrected chi connectivity index (χ4v) is 11.8. The Balaban J connectivity index is 0.889. The number of hydrogen-bond donors (Lipinski definition) is 0. The van der Waals surface area contributed by atoms with Crippen LogP contribution < -0.4 is 0 Å². The highest BCUT2D eigenvalue weighted by Gasteiger charge is 2.20. The summed E-state index contributed by atoms with van der Waals surface area (Å²) in [5, 5.41) is 4.76. The Morgan fingerprint density at radius 1 is 0.257 bits per heavy atom. The van der Waals surface area contributed by atoms with Crippen molar-refractivity contribution < 1.29 is 0 Å². The first-order valence-electron chi connectivity index (χ1n) is 25.0. The second-order valence-electron chi connectivity index (χ2n) is 18.8. The highest BCUT2D eigenvalue weighted by molar-refractivity contribution is 7.26. The Morgan fingerprint density at radius 3 is 1.41 bits per heavy atom. The molecule has 5 heteroatoms. The van der Waals surface area contributed by atoms with Crippen molar-refractivity contribution in [2.75, 3.05) is 0 Å². The molecule has 0 saturated heterocycles. The van der Waals surface area contributed by atoms with Crippen LogP contribution in [0, 0.1) is 0 Å². The zero-order chi connectivity index (χ0) is 49.0. The van der Waals surface area contributed by atoms with Gasteiger partial charge in [-0.15, -0.1) is 11.3 Å². The third kappa shape index (κ3) is 7.84. The molecule has 0 aliphatic carbocycles. The molecule has 11 aromatic carbocycles. The summed E-state index contributed by atoms with van der Waals surface area (Å²) in [6.45, 7) is 0. The predicted octanol–water partition coefficient (Wildman–Crippen LogP) is 18.7. The number of hydrogen-bond acceptors (Lipinski definition) is 4. The number of aromatic nitrogens is 4. The van der Waals surface area contributed by atoms with Gasteiger partial charge in [-0.25, -0.2) is 15.0 Å². The van der Waals surface area contributed by atoms with Crippen LogP contribution in [0.25, 0.3) is 137 Å². The maximum atomic E-state index is 5.37. The lowest BCUT2D eigenvalue weighted by atomic mass is 9.93. The van der Waals surface area contributed by atoms with E-state index < -0.39 is 0 Å². The lowest BCUT2D eigenvalue weighted by molar-refractivity contribution is 1.08. The van der Waals surface area contributed by atoms with Gasteiger partial charge in [0, 0.05) is 53.3 Å². The average molecular weight is 961 g/mol. The summed E-state index contributed by atoms with van der Waals surface area (Å²) in [4.78, 5) is 15.9. The summed E-state index contributed by atoms with van der Waals surface area (Å²) in [6, 6.07) is 95.5. The molecule has 0 atom stereocenters. The molecule has 0 fully saturated rings. The van der Waals surface area contributed by atoms with E-state index in [9.17, 15) is 0 Å². The van der Waals surface area contributed by atoms with E-state index in [-0.39, 0.29) is 0 Å². The molecule has 0 radical (unpaired) electrons. The topological polar surface area (TPSA) is 43.6 Å². The number of nitrogens with zero attached hydrogens (tertiary/aromatic N) is 4. The summed E-state index contributed by atoms with van der Waals surface area (Å²) in [5.41, 5.74) is 17.9. The molecule has 14 aromatic rings. The summed E-state index contributed by atoms with van der Waals surface area (Å²) in [7, 11) is 0. The molecule has 0 aliphatic heterocycles. The van der Waals surface area contributed by atoms with E-state index in [0.29, 0.717) is 17.5 Å². The van der Waals surface area contributed by atoms with Gasteiger partial charge >= 0.3 is 0 Å². The van der Waals surface area contributed by atoms with Gasteiger partial charge in [-0.3, -0.25) is 0 Å². The first kappa shape index (κ1) is 43.3. The molecule has 3 heterocycles. The van der Waals surface area contributed by atoms with E-state index in [1.807, 2.05) is 18.2 Å². The fraction of sp³-hybridized carbons (Fsp3) is 0. The van der Waals surface area contributed by atoms with Crippen molar-refractivity contribution >= 4 is 53.3 Å². The van der Waals surface area contributed by atoms with Gasteiger partial charge in [0.2, 0.25) is 0 Å². The molecule has 0 unspecified atom stereocenters. The van der Waals surface area contributed by atoms with Crippen LogP contribution in [0.2, 0.25) is 0 Å². The van der Waals surface area contributed by atoms with Crippen LogP contribution in [-0.4, -0.2) is 19.5 Å². The van der Waals surface area contributed by atoms with Crippen LogP contribution in [-0.2, 0) is 0 Å². The Morgan fingerprint density at radius 2 is 0.716 bits per heavy atom. The monoisotopic (exact) mass is 960 g/mol. The Hall–Kier alpha value is -9.55. The molecule has 0 N–H and O–H groups in total. The quantitative estimate of drug-likeness (QED) is 0.145. The summed E-state index contributed by atoms with van der Waals surface area (Å²) < 4.78 is 4.80. The molecule has 0 aliphatic rings. The zero-order valence-electron chi connectivity index (χ0n) is 40.1. The van der Waals surface area contributed by atoms with Gasteiger partial charge in [0.15, 0.2) is 17.5 Å². The van der Waals surface area contributed by atoms with Gasteiger partial charge in [-0.1, -0.05) is 194 Å². The molecule has 14 rings (SSSR count). The largest absolute Gasteiger partial charge is 0.309 e. The minimum atomic E-state index is 0.620. The van der Waals surface area contributed by atoms with Gasteiger partial charge in [0.1, 0.15) is 0 Å². The van der Waals surface area contributed by atoms with Gasteiger partial charge in [-0.2, -0.15) is 0 Å². The highest BCUT2D eigenvalue weighted by atomic mass is 32.1.